The minimum Gasteiger partial charge on any atom is -0.229 e. The van der Waals surface area contributed by atoms with Gasteiger partial charge in [0.2, 0.25) is 5.82 Å². The second-order valence-corrected chi connectivity index (χ2v) is 7.98. The van der Waals surface area contributed by atoms with Gasteiger partial charge in [-0.05, 0) is 37.8 Å². The molecule has 0 aliphatic heterocycles. The molecule has 0 saturated carbocycles. The average molecular weight is 453 g/mol. The first-order valence-electron chi connectivity index (χ1n) is 9.41. The van der Waals surface area contributed by atoms with Crippen LogP contribution < -0.4 is 0 Å². The SMILES string of the molecule is CSCCCCl.Cc1ccc(-c2nc(C(F)(F)F)nc(C)c2-c2ccccc2)cc1. The molecule has 0 unspecified atom stereocenters. The van der Waals surface area contributed by atoms with Crippen molar-refractivity contribution in [2.75, 3.05) is 17.9 Å². The lowest BCUT2D eigenvalue weighted by atomic mass is 9.97. The van der Waals surface area contributed by atoms with Gasteiger partial charge in [0.05, 0.1) is 5.69 Å². The number of benzene rings is 2. The summed E-state index contributed by atoms with van der Waals surface area (Å²) >= 11 is 7.21. The molecule has 160 valence electrons. The maximum atomic E-state index is 13.1. The molecule has 0 aliphatic carbocycles. The molecular formula is C23H24ClF3N2S. The third kappa shape index (κ3) is 6.74. The number of hydrogen-bond acceptors (Lipinski definition) is 3. The molecule has 0 bridgehead atoms. The van der Waals surface area contributed by atoms with E-state index in [1.54, 1.807) is 19.1 Å². The first kappa shape index (κ1) is 24.2. The molecule has 0 amide bonds. The first-order valence-corrected chi connectivity index (χ1v) is 11.3. The van der Waals surface area contributed by atoms with Gasteiger partial charge in [0, 0.05) is 22.7 Å². The zero-order valence-corrected chi connectivity index (χ0v) is 18.7. The molecule has 1 aromatic heterocycles. The van der Waals surface area contributed by atoms with E-state index in [9.17, 15) is 13.2 Å². The molecule has 2 aromatic carbocycles. The van der Waals surface area contributed by atoms with Crippen LogP contribution in [-0.4, -0.2) is 27.9 Å². The Balaban J connectivity index is 0.000000469. The first-order chi connectivity index (χ1) is 14.3. The number of aryl methyl sites for hydroxylation is 2. The smallest absolute Gasteiger partial charge is 0.229 e. The fraction of sp³-hybridized carbons (Fsp3) is 0.304. The number of rotatable bonds is 5. The van der Waals surface area contributed by atoms with Crippen molar-refractivity contribution in [3.8, 4) is 22.4 Å². The third-order valence-electron chi connectivity index (χ3n) is 4.21. The van der Waals surface area contributed by atoms with E-state index >= 15 is 0 Å². The molecule has 30 heavy (non-hydrogen) atoms. The highest BCUT2D eigenvalue weighted by molar-refractivity contribution is 7.98. The van der Waals surface area contributed by atoms with Gasteiger partial charge in [0.15, 0.2) is 0 Å². The topological polar surface area (TPSA) is 25.8 Å². The molecule has 0 N–H and O–H groups in total. The summed E-state index contributed by atoms with van der Waals surface area (Å²) in [5.41, 5.74) is 3.67. The Bertz CT molecular complexity index is 926. The van der Waals surface area contributed by atoms with Crippen molar-refractivity contribution in [1.82, 2.24) is 9.97 Å². The van der Waals surface area contributed by atoms with Gasteiger partial charge < -0.3 is 0 Å². The average Bonchev–Trinajstić information content (AvgIpc) is 2.72. The third-order valence-corrected chi connectivity index (χ3v) is 5.18. The number of halogens is 4. The minimum atomic E-state index is -4.58. The molecule has 0 fully saturated rings. The van der Waals surface area contributed by atoms with Crippen LogP contribution in [0, 0.1) is 13.8 Å². The quantitative estimate of drug-likeness (QED) is 0.297. The van der Waals surface area contributed by atoms with Crippen LogP contribution in [0.3, 0.4) is 0 Å². The number of nitrogens with zero attached hydrogens (tertiary/aromatic N) is 2. The van der Waals surface area contributed by atoms with Crippen LogP contribution in [0.25, 0.3) is 22.4 Å². The van der Waals surface area contributed by atoms with Gasteiger partial charge in [-0.25, -0.2) is 9.97 Å². The van der Waals surface area contributed by atoms with E-state index in [2.05, 4.69) is 16.2 Å². The summed E-state index contributed by atoms with van der Waals surface area (Å²) in [6.07, 6.45) is -1.35. The Morgan fingerprint density at radius 1 is 0.900 bits per heavy atom. The molecule has 0 saturated heterocycles. The molecule has 0 spiro atoms. The summed E-state index contributed by atoms with van der Waals surface area (Å²) in [5.74, 6) is 0.889. The largest absolute Gasteiger partial charge is 0.451 e. The molecule has 1 heterocycles. The predicted octanol–water partition coefficient (Wildman–Crippen LogP) is 7.42. The lowest BCUT2D eigenvalue weighted by Crippen LogP contribution is -2.13. The highest BCUT2D eigenvalue weighted by Gasteiger charge is 2.36. The maximum Gasteiger partial charge on any atom is 0.451 e. The van der Waals surface area contributed by atoms with Gasteiger partial charge in [-0.2, -0.15) is 24.9 Å². The van der Waals surface area contributed by atoms with Crippen LogP contribution in [0.5, 0.6) is 0 Å². The monoisotopic (exact) mass is 452 g/mol. The summed E-state index contributed by atoms with van der Waals surface area (Å²) in [4.78, 5) is 7.53. The fourth-order valence-electron chi connectivity index (χ4n) is 2.77. The standard InChI is InChI=1S/C19H15F3N2.C4H9ClS/c1-12-8-10-15(11-9-12)17-16(14-6-4-3-5-7-14)13(2)23-18(24-17)19(20,21)22;1-6-4-2-3-5/h3-11H,1-2H3;2-4H2,1H3. The Labute approximate surface area is 184 Å². The Kier molecular flexibility index (Phi) is 9.18. The summed E-state index contributed by atoms with van der Waals surface area (Å²) < 4.78 is 39.4. The van der Waals surface area contributed by atoms with Crippen molar-refractivity contribution in [3.05, 3.63) is 71.7 Å². The van der Waals surface area contributed by atoms with Crippen molar-refractivity contribution >= 4 is 23.4 Å². The summed E-state index contributed by atoms with van der Waals surface area (Å²) in [6, 6.07) is 16.5. The lowest BCUT2D eigenvalue weighted by molar-refractivity contribution is -0.145. The Hall–Kier alpha value is -2.05. The van der Waals surface area contributed by atoms with E-state index in [0.717, 1.165) is 23.4 Å². The van der Waals surface area contributed by atoms with Gasteiger partial charge in [-0.3, -0.25) is 0 Å². The van der Waals surface area contributed by atoms with Crippen LogP contribution in [0.4, 0.5) is 13.2 Å². The molecular weight excluding hydrogens is 429 g/mol. The molecule has 2 nitrogen and oxygen atoms in total. The number of thioether (sulfide) groups is 1. The molecule has 0 aliphatic rings. The van der Waals surface area contributed by atoms with Crippen molar-refractivity contribution in [2.24, 2.45) is 0 Å². The van der Waals surface area contributed by atoms with Gasteiger partial charge in [0.1, 0.15) is 0 Å². The van der Waals surface area contributed by atoms with E-state index in [-0.39, 0.29) is 0 Å². The second kappa shape index (κ2) is 11.4. The van der Waals surface area contributed by atoms with E-state index in [0.29, 0.717) is 22.5 Å². The van der Waals surface area contributed by atoms with Gasteiger partial charge >= 0.3 is 6.18 Å². The lowest BCUT2D eigenvalue weighted by Gasteiger charge is -2.15. The van der Waals surface area contributed by atoms with E-state index in [1.807, 2.05) is 61.2 Å². The summed E-state index contributed by atoms with van der Waals surface area (Å²) in [7, 11) is 0. The van der Waals surface area contributed by atoms with Gasteiger partial charge in [-0.1, -0.05) is 60.2 Å². The highest BCUT2D eigenvalue weighted by Crippen LogP contribution is 2.36. The predicted molar refractivity (Wildman–Crippen MR) is 121 cm³/mol. The van der Waals surface area contributed by atoms with E-state index in [4.69, 9.17) is 11.6 Å². The Morgan fingerprint density at radius 3 is 2.03 bits per heavy atom. The van der Waals surface area contributed by atoms with Crippen molar-refractivity contribution in [3.63, 3.8) is 0 Å². The zero-order chi connectivity index (χ0) is 22.1. The zero-order valence-electron chi connectivity index (χ0n) is 17.1. The summed E-state index contributed by atoms with van der Waals surface area (Å²) in [6.45, 7) is 3.51. The number of aromatic nitrogens is 2. The molecule has 0 atom stereocenters. The van der Waals surface area contributed by atoms with E-state index in [1.165, 1.54) is 5.75 Å². The van der Waals surface area contributed by atoms with Crippen molar-refractivity contribution in [1.29, 1.82) is 0 Å². The van der Waals surface area contributed by atoms with E-state index < -0.39 is 12.0 Å². The Morgan fingerprint density at radius 2 is 1.53 bits per heavy atom. The number of hydrogen-bond donors (Lipinski definition) is 0. The molecule has 3 aromatic rings. The molecule has 7 heteroatoms. The second-order valence-electron chi connectivity index (χ2n) is 6.62. The van der Waals surface area contributed by atoms with Crippen LogP contribution in [0.2, 0.25) is 0 Å². The van der Waals surface area contributed by atoms with Crippen LogP contribution in [-0.2, 0) is 6.18 Å². The van der Waals surface area contributed by atoms with Crippen LogP contribution in [0.1, 0.15) is 23.5 Å². The highest BCUT2D eigenvalue weighted by atomic mass is 35.5. The molecule has 3 rings (SSSR count). The minimum absolute atomic E-state index is 0.293. The summed E-state index contributed by atoms with van der Waals surface area (Å²) in [5, 5.41) is 0. The van der Waals surface area contributed by atoms with Gasteiger partial charge in [0.25, 0.3) is 0 Å². The van der Waals surface area contributed by atoms with Gasteiger partial charge in [-0.15, -0.1) is 11.6 Å². The normalized spacial score (nSPS) is 11.0. The molecule has 0 radical (unpaired) electrons. The van der Waals surface area contributed by atoms with Crippen molar-refractivity contribution < 1.29 is 13.2 Å². The number of alkyl halides is 4. The maximum absolute atomic E-state index is 13.1. The fourth-order valence-corrected chi connectivity index (χ4v) is 3.49. The van der Waals surface area contributed by atoms with Crippen LogP contribution in [0.15, 0.2) is 54.6 Å². The van der Waals surface area contributed by atoms with Crippen molar-refractivity contribution in [2.45, 2.75) is 26.4 Å². The van der Waals surface area contributed by atoms with Crippen LogP contribution >= 0.6 is 23.4 Å².